The summed E-state index contributed by atoms with van der Waals surface area (Å²) in [7, 11) is 0. The van der Waals surface area contributed by atoms with E-state index in [0.29, 0.717) is 12.0 Å². The highest BCUT2D eigenvalue weighted by Crippen LogP contribution is 2.17. The van der Waals surface area contributed by atoms with Crippen molar-refractivity contribution < 1.29 is 4.79 Å². The number of hydrogen-bond acceptors (Lipinski definition) is 3. The van der Waals surface area contributed by atoms with Crippen molar-refractivity contribution in [2.45, 2.75) is 31.7 Å². The summed E-state index contributed by atoms with van der Waals surface area (Å²) in [6.45, 7) is 0. The Labute approximate surface area is 81.5 Å². The van der Waals surface area contributed by atoms with Gasteiger partial charge in [-0.25, -0.2) is 9.89 Å². The molecule has 14 heavy (non-hydrogen) atoms. The first-order valence-corrected chi connectivity index (χ1v) is 4.77. The lowest BCUT2D eigenvalue weighted by Crippen LogP contribution is -2.36. The van der Waals surface area contributed by atoms with Gasteiger partial charge in [0.05, 0.1) is 0 Å². The van der Waals surface area contributed by atoms with Crippen molar-refractivity contribution >= 4 is 12.0 Å². The van der Waals surface area contributed by atoms with Crippen LogP contribution in [0.4, 0.5) is 10.7 Å². The van der Waals surface area contributed by atoms with Crippen LogP contribution < -0.4 is 10.6 Å². The van der Waals surface area contributed by atoms with Crippen LogP contribution in [0.2, 0.25) is 0 Å². The van der Waals surface area contributed by atoms with E-state index in [2.05, 4.69) is 25.8 Å². The van der Waals surface area contributed by atoms with Crippen LogP contribution in [0.15, 0.2) is 6.33 Å². The molecule has 1 aromatic heterocycles. The van der Waals surface area contributed by atoms with Crippen molar-refractivity contribution in [1.29, 1.82) is 0 Å². The molecule has 1 aromatic rings. The highest BCUT2D eigenvalue weighted by atomic mass is 16.2. The molecule has 0 bridgehead atoms. The van der Waals surface area contributed by atoms with Gasteiger partial charge in [-0.3, -0.25) is 5.32 Å². The van der Waals surface area contributed by atoms with E-state index in [4.69, 9.17) is 0 Å². The minimum Gasteiger partial charge on any atom is -0.335 e. The minimum absolute atomic E-state index is 0.214. The van der Waals surface area contributed by atoms with Crippen molar-refractivity contribution in [3.8, 4) is 0 Å². The summed E-state index contributed by atoms with van der Waals surface area (Å²) in [5, 5.41) is 11.6. The van der Waals surface area contributed by atoms with E-state index in [-0.39, 0.29) is 6.03 Å². The van der Waals surface area contributed by atoms with Gasteiger partial charge in [0.2, 0.25) is 5.95 Å². The lowest BCUT2D eigenvalue weighted by molar-refractivity contribution is 0.248. The van der Waals surface area contributed by atoms with Gasteiger partial charge in [0.15, 0.2) is 0 Å². The molecule has 1 aliphatic rings. The van der Waals surface area contributed by atoms with Gasteiger partial charge in [0, 0.05) is 6.04 Å². The summed E-state index contributed by atoms with van der Waals surface area (Å²) in [4.78, 5) is 15.1. The number of carbonyl (C=O) groups excluding carboxylic acids is 1. The first-order chi connectivity index (χ1) is 6.84. The molecule has 1 heterocycles. The average molecular weight is 195 g/mol. The van der Waals surface area contributed by atoms with E-state index in [0.717, 1.165) is 12.8 Å². The van der Waals surface area contributed by atoms with Gasteiger partial charge in [-0.15, -0.1) is 0 Å². The molecule has 0 saturated heterocycles. The first-order valence-electron chi connectivity index (χ1n) is 4.77. The van der Waals surface area contributed by atoms with E-state index in [1.165, 1.54) is 19.2 Å². The molecule has 76 valence electrons. The number of H-pyrrole nitrogens is 1. The second-order valence-corrected chi connectivity index (χ2v) is 3.41. The van der Waals surface area contributed by atoms with Crippen molar-refractivity contribution in [3.05, 3.63) is 6.33 Å². The molecule has 1 aliphatic carbocycles. The minimum atomic E-state index is -0.214. The molecule has 0 radical (unpaired) electrons. The number of carbonyl (C=O) groups is 1. The molecule has 1 fully saturated rings. The van der Waals surface area contributed by atoms with Crippen LogP contribution >= 0.6 is 0 Å². The molecule has 1 saturated carbocycles. The van der Waals surface area contributed by atoms with E-state index in [1.807, 2.05) is 0 Å². The molecule has 2 amide bonds. The molecule has 3 N–H and O–H groups in total. The summed E-state index contributed by atoms with van der Waals surface area (Å²) in [5.74, 6) is 0.375. The third-order valence-corrected chi connectivity index (χ3v) is 2.34. The number of hydrogen-bond donors (Lipinski definition) is 3. The van der Waals surface area contributed by atoms with Gasteiger partial charge in [-0.2, -0.15) is 10.1 Å². The van der Waals surface area contributed by atoms with Crippen LogP contribution in [-0.4, -0.2) is 27.3 Å². The first kappa shape index (κ1) is 8.98. The maximum absolute atomic E-state index is 11.4. The fourth-order valence-corrected chi connectivity index (χ4v) is 1.66. The van der Waals surface area contributed by atoms with Crippen LogP contribution in [0.5, 0.6) is 0 Å². The molecule has 0 spiro atoms. The monoisotopic (exact) mass is 195 g/mol. The Morgan fingerprint density at radius 2 is 2.29 bits per heavy atom. The lowest BCUT2D eigenvalue weighted by Gasteiger charge is -2.11. The number of rotatable bonds is 2. The quantitative estimate of drug-likeness (QED) is 0.654. The average Bonchev–Trinajstić information content (AvgIpc) is 2.76. The zero-order valence-corrected chi connectivity index (χ0v) is 7.79. The second kappa shape index (κ2) is 4.08. The van der Waals surface area contributed by atoms with Gasteiger partial charge in [0.1, 0.15) is 6.33 Å². The fourth-order valence-electron chi connectivity index (χ4n) is 1.66. The molecule has 6 heteroatoms. The third-order valence-electron chi connectivity index (χ3n) is 2.34. The van der Waals surface area contributed by atoms with Crippen molar-refractivity contribution in [2.24, 2.45) is 0 Å². The number of aromatic amines is 1. The molecule has 2 rings (SSSR count). The molecule has 0 unspecified atom stereocenters. The Morgan fingerprint density at radius 3 is 2.93 bits per heavy atom. The zero-order valence-electron chi connectivity index (χ0n) is 7.79. The summed E-state index contributed by atoms with van der Waals surface area (Å²) < 4.78 is 0. The number of nitrogens with zero attached hydrogens (tertiary/aromatic N) is 2. The third kappa shape index (κ3) is 2.21. The molecule has 6 nitrogen and oxygen atoms in total. The van der Waals surface area contributed by atoms with Crippen LogP contribution in [0.25, 0.3) is 0 Å². The standard InChI is InChI=1S/C8H13N5O/c14-8(11-6-3-1-2-4-6)12-7-9-5-10-13-7/h5-6H,1-4H2,(H3,9,10,11,12,13,14). The Morgan fingerprint density at radius 1 is 1.50 bits per heavy atom. The van der Waals surface area contributed by atoms with E-state index in [1.54, 1.807) is 0 Å². The van der Waals surface area contributed by atoms with Gasteiger partial charge < -0.3 is 5.32 Å². The molecule has 0 aliphatic heterocycles. The van der Waals surface area contributed by atoms with Crippen LogP contribution in [0.3, 0.4) is 0 Å². The maximum atomic E-state index is 11.4. The van der Waals surface area contributed by atoms with Crippen molar-refractivity contribution in [3.63, 3.8) is 0 Å². The summed E-state index contributed by atoms with van der Waals surface area (Å²) in [6, 6.07) is 0.103. The number of aromatic nitrogens is 3. The molecule has 0 atom stereocenters. The predicted molar refractivity (Wildman–Crippen MR) is 50.8 cm³/mol. The SMILES string of the molecule is O=C(Nc1ncn[nH]1)NC1CCCC1. The number of anilines is 1. The predicted octanol–water partition coefficient (Wildman–Crippen LogP) is 0.869. The van der Waals surface area contributed by atoms with Gasteiger partial charge in [0.25, 0.3) is 0 Å². The Bertz CT molecular complexity index is 291. The van der Waals surface area contributed by atoms with Gasteiger partial charge in [-0.05, 0) is 12.8 Å². The van der Waals surface area contributed by atoms with Crippen molar-refractivity contribution in [2.75, 3.05) is 5.32 Å². The second-order valence-electron chi connectivity index (χ2n) is 3.41. The summed E-state index contributed by atoms with van der Waals surface area (Å²) >= 11 is 0. The van der Waals surface area contributed by atoms with E-state index >= 15 is 0 Å². The zero-order chi connectivity index (χ0) is 9.80. The highest BCUT2D eigenvalue weighted by Gasteiger charge is 2.17. The van der Waals surface area contributed by atoms with Crippen LogP contribution in [-0.2, 0) is 0 Å². The van der Waals surface area contributed by atoms with Crippen LogP contribution in [0.1, 0.15) is 25.7 Å². The lowest BCUT2D eigenvalue weighted by atomic mass is 10.3. The van der Waals surface area contributed by atoms with Gasteiger partial charge in [-0.1, -0.05) is 12.8 Å². The van der Waals surface area contributed by atoms with Crippen LogP contribution in [0, 0.1) is 0 Å². The Kier molecular flexibility index (Phi) is 2.62. The highest BCUT2D eigenvalue weighted by molar-refractivity contribution is 5.87. The number of amides is 2. The maximum Gasteiger partial charge on any atom is 0.321 e. The fraction of sp³-hybridized carbons (Fsp3) is 0.625. The van der Waals surface area contributed by atoms with E-state index < -0.39 is 0 Å². The normalized spacial score (nSPS) is 16.9. The Hall–Kier alpha value is -1.59. The topological polar surface area (TPSA) is 82.7 Å². The number of nitrogens with one attached hydrogen (secondary N) is 3. The summed E-state index contributed by atoms with van der Waals surface area (Å²) in [6.07, 6.45) is 5.90. The smallest absolute Gasteiger partial charge is 0.321 e. The summed E-state index contributed by atoms with van der Waals surface area (Å²) in [5.41, 5.74) is 0. The van der Waals surface area contributed by atoms with E-state index in [9.17, 15) is 4.79 Å². The molecule has 0 aromatic carbocycles. The van der Waals surface area contributed by atoms with Crippen molar-refractivity contribution in [1.82, 2.24) is 20.5 Å². The number of urea groups is 1. The van der Waals surface area contributed by atoms with Gasteiger partial charge >= 0.3 is 6.03 Å². The Balaban J connectivity index is 1.78. The molecular formula is C8H13N5O. The largest absolute Gasteiger partial charge is 0.335 e. The molecular weight excluding hydrogens is 182 g/mol.